The number of amides is 1. The maximum Gasteiger partial charge on any atom is 0.277 e. The number of nitrogens with zero attached hydrogens (tertiary/aromatic N) is 2. The number of thioether (sulfide) groups is 1. The molecule has 1 aromatic heterocycles. The van der Waals surface area contributed by atoms with Gasteiger partial charge in [-0.05, 0) is 12.1 Å². The fraction of sp³-hybridized carbons (Fsp3) is 0.211. The van der Waals surface area contributed by atoms with E-state index in [0.717, 1.165) is 11.8 Å². The lowest BCUT2D eigenvalue weighted by Crippen LogP contribution is -2.14. The molecule has 0 bridgehead atoms. The molecule has 146 valence electrons. The van der Waals surface area contributed by atoms with Gasteiger partial charge in [-0.15, -0.1) is 10.2 Å². The molecule has 1 N–H and O–H groups in total. The van der Waals surface area contributed by atoms with E-state index in [1.54, 1.807) is 32.4 Å². The summed E-state index contributed by atoms with van der Waals surface area (Å²) >= 11 is 1.14. The molecule has 8 nitrogen and oxygen atoms in total. The minimum Gasteiger partial charge on any atom is -0.497 e. The topological polar surface area (TPSA) is 95.7 Å². The fourth-order valence-electron chi connectivity index (χ4n) is 2.22. The van der Waals surface area contributed by atoms with Crippen molar-refractivity contribution in [2.75, 3.05) is 25.3 Å². The Balaban J connectivity index is 1.49. The molecule has 0 fully saturated rings. The van der Waals surface area contributed by atoms with Gasteiger partial charge < -0.3 is 23.9 Å². The van der Waals surface area contributed by atoms with Crippen LogP contribution in [0.3, 0.4) is 0 Å². The van der Waals surface area contributed by atoms with Gasteiger partial charge in [0.15, 0.2) is 6.61 Å². The van der Waals surface area contributed by atoms with E-state index < -0.39 is 0 Å². The van der Waals surface area contributed by atoms with Gasteiger partial charge >= 0.3 is 0 Å². The molecule has 1 heterocycles. The lowest BCUT2D eigenvalue weighted by Gasteiger charge is -2.09. The predicted octanol–water partition coefficient (Wildman–Crippen LogP) is 3.40. The number of anilines is 1. The van der Waals surface area contributed by atoms with E-state index in [1.807, 2.05) is 30.3 Å². The minimum absolute atomic E-state index is 0.112. The maximum absolute atomic E-state index is 12.2. The third-order valence-corrected chi connectivity index (χ3v) is 4.33. The number of aromatic nitrogens is 2. The smallest absolute Gasteiger partial charge is 0.277 e. The van der Waals surface area contributed by atoms with Gasteiger partial charge in [-0.25, -0.2) is 0 Å². The molecule has 0 spiro atoms. The summed E-state index contributed by atoms with van der Waals surface area (Å²) in [6, 6.07) is 14.5. The van der Waals surface area contributed by atoms with E-state index in [9.17, 15) is 4.79 Å². The third-order valence-electron chi connectivity index (χ3n) is 3.52. The van der Waals surface area contributed by atoms with Gasteiger partial charge in [0, 0.05) is 23.9 Å². The Morgan fingerprint density at radius 1 is 1.04 bits per heavy atom. The molecule has 3 aromatic rings. The largest absolute Gasteiger partial charge is 0.497 e. The summed E-state index contributed by atoms with van der Waals surface area (Å²) in [5.41, 5.74) is 0.573. The summed E-state index contributed by atoms with van der Waals surface area (Å²) < 4.78 is 21.4. The molecular weight excluding hydrogens is 382 g/mol. The van der Waals surface area contributed by atoms with Crippen LogP contribution in [0, 0.1) is 0 Å². The second kappa shape index (κ2) is 9.65. The number of hydrogen-bond donors (Lipinski definition) is 1. The second-order valence-electron chi connectivity index (χ2n) is 5.50. The number of rotatable bonds is 9. The zero-order valence-electron chi connectivity index (χ0n) is 15.4. The zero-order chi connectivity index (χ0) is 19.8. The summed E-state index contributed by atoms with van der Waals surface area (Å²) in [6.45, 7) is 0.160. The molecule has 0 radical (unpaired) electrons. The molecule has 0 saturated heterocycles. The van der Waals surface area contributed by atoms with E-state index in [0.29, 0.717) is 34.0 Å². The van der Waals surface area contributed by atoms with Gasteiger partial charge in [0.25, 0.3) is 11.1 Å². The standard InChI is InChI=1S/C19H19N3O5S/c1-24-15-8-13(9-16(10-15)25-2)20-17(23)12-28-19-22-21-18(27-19)11-26-14-6-4-3-5-7-14/h3-10H,11-12H2,1-2H3,(H,20,23). The molecular formula is C19H19N3O5S. The van der Waals surface area contributed by atoms with Gasteiger partial charge in [-0.3, -0.25) is 4.79 Å². The van der Waals surface area contributed by atoms with Gasteiger partial charge in [-0.1, -0.05) is 30.0 Å². The minimum atomic E-state index is -0.222. The van der Waals surface area contributed by atoms with Crippen molar-refractivity contribution in [3.05, 3.63) is 54.4 Å². The zero-order valence-corrected chi connectivity index (χ0v) is 16.2. The average molecular weight is 401 g/mol. The van der Waals surface area contributed by atoms with E-state index in [2.05, 4.69) is 15.5 Å². The van der Waals surface area contributed by atoms with Crippen LogP contribution in [0.1, 0.15) is 5.89 Å². The first-order valence-electron chi connectivity index (χ1n) is 8.32. The first-order chi connectivity index (χ1) is 13.7. The summed E-state index contributed by atoms with van der Waals surface area (Å²) in [5, 5.41) is 10.9. The van der Waals surface area contributed by atoms with Crippen LogP contribution in [0.25, 0.3) is 0 Å². The van der Waals surface area contributed by atoms with Crippen molar-refractivity contribution in [3.8, 4) is 17.2 Å². The van der Waals surface area contributed by atoms with E-state index in [4.69, 9.17) is 18.6 Å². The van der Waals surface area contributed by atoms with Crippen molar-refractivity contribution in [1.29, 1.82) is 0 Å². The number of nitrogens with one attached hydrogen (secondary N) is 1. The number of ether oxygens (including phenoxy) is 3. The second-order valence-corrected chi connectivity index (χ2v) is 6.43. The van der Waals surface area contributed by atoms with E-state index in [-0.39, 0.29) is 18.3 Å². The van der Waals surface area contributed by atoms with Crippen molar-refractivity contribution in [2.24, 2.45) is 0 Å². The first kappa shape index (κ1) is 19.6. The molecule has 0 saturated carbocycles. The molecule has 0 aliphatic rings. The van der Waals surface area contributed by atoms with Crippen molar-refractivity contribution in [2.45, 2.75) is 11.8 Å². The van der Waals surface area contributed by atoms with E-state index >= 15 is 0 Å². The lowest BCUT2D eigenvalue weighted by molar-refractivity contribution is -0.113. The fourth-order valence-corrected chi connectivity index (χ4v) is 2.80. The Morgan fingerprint density at radius 3 is 2.43 bits per heavy atom. The van der Waals surface area contributed by atoms with Crippen LogP contribution in [0.5, 0.6) is 17.2 Å². The molecule has 0 unspecified atom stereocenters. The Labute approximate surface area is 166 Å². The van der Waals surface area contributed by atoms with Crippen molar-refractivity contribution >= 4 is 23.4 Å². The predicted molar refractivity (Wildman–Crippen MR) is 104 cm³/mol. The van der Waals surface area contributed by atoms with Gasteiger partial charge in [-0.2, -0.15) is 0 Å². The molecule has 1 amide bonds. The first-order valence-corrected chi connectivity index (χ1v) is 9.31. The van der Waals surface area contributed by atoms with Crippen LogP contribution in [0.2, 0.25) is 0 Å². The van der Waals surface area contributed by atoms with Gasteiger partial charge in [0.1, 0.15) is 17.2 Å². The quantitative estimate of drug-likeness (QED) is 0.545. The highest BCUT2D eigenvalue weighted by Crippen LogP contribution is 2.26. The lowest BCUT2D eigenvalue weighted by atomic mass is 10.2. The molecule has 3 rings (SSSR count). The highest BCUT2D eigenvalue weighted by atomic mass is 32.2. The monoisotopic (exact) mass is 401 g/mol. The van der Waals surface area contributed by atoms with Gasteiger partial charge in [0.2, 0.25) is 5.91 Å². The summed E-state index contributed by atoms with van der Waals surface area (Å²) in [6.07, 6.45) is 0. The number of benzene rings is 2. The number of methoxy groups -OCH3 is 2. The maximum atomic E-state index is 12.2. The van der Waals surface area contributed by atoms with E-state index in [1.165, 1.54) is 0 Å². The normalized spacial score (nSPS) is 10.4. The highest BCUT2D eigenvalue weighted by Gasteiger charge is 2.11. The molecule has 9 heteroatoms. The van der Waals surface area contributed by atoms with Crippen LogP contribution >= 0.6 is 11.8 Å². The van der Waals surface area contributed by atoms with Crippen LogP contribution in [0.15, 0.2) is 58.2 Å². The number of carbonyl (C=O) groups is 1. The summed E-state index contributed by atoms with van der Waals surface area (Å²) in [5.74, 6) is 2.11. The Morgan fingerprint density at radius 2 is 1.75 bits per heavy atom. The third kappa shape index (κ3) is 5.65. The summed E-state index contributed by atoms with van der Waals surface area (Å²) in [7, 11) is 3.09. The Kier molecular flexibility index (Phi) is 6.74. The molecule has 0 aliphatic heterocycles. The van der Waals surface area contributed by atoms with Crippen LogP contribution in [0.4, 0.5) is 5.69 Å². The van der Waals surface area contributed by atoms with Crippen LogP contribution < -0.4 is 19.5 Å². The Bertz CT molecular complexity index is 895. The summed E-state index contributed by atoms with van der Waals surface area (Å²) in [4.78, 5) is 12.2. The van der Waals surface area contributed by atoms with Crippen LogP contribution in [-0.2, 0) is 11.4 Å². The highest BCUT2D eigenvalue weighted by molar-refractivity contribution is 7.99. The average Bonchev–Trinajstić information content (AvgIpc) is 3.19. The van der Waals surface area contributed by atoms with Crippen molar-refractivity contribution in [3.63, 3.8) is 0 Å². The number of hydrogen-bond acceptors (Lipinski definition) is 8. The van der Waals surface area contributed by atoms with Crippen molar-refractivity contribution < 1.29 is 23.4 Å². The van der Waals surface area contributed by atoms with Crippen LogP contribution in [-0.4, -0.2) is 36.1 Å². The molecule has 28 heavy (non-hydrogen) atoms. The van der Waals surface area contributed by atoms with Crippen molar-refractivity contribution in [1.82, 2.24) is 10.2 Å². The SMILES string of the molecule is COc1cc(NC(=O)CSc2nnc(COc3ccccc3)o2)cc(OC)c1. The molecule has 2 aromatic carbocycles. The molecule has 0 atom stereocenters. The van der Waals surface area contributed by atoms with Gasteiger partial charge in [0.05, 0.1) is 20.0 Å². The molecule has 0 aliphatic carbocycles. The Hall–Kier alpha value is -3.20. The number of para-hydroxylation sites is 1. The number of carbonyl (C=O) groups excluding carboxylic acids is 1.